The van der Waals surface area contributed by atoms with E-state index in [4.69, 9.17) is 5.11 Å². The van der Waals surface area contributed by atoms with Crippen molar-refractivity contribution in [1.82, 2.24) is 24.8 Å². The molecule has 3 heterocycles. The van der Waals surface area contributed by atoms with Crippen molar-refractivity contribution in [1.29, 1.82) is 0 Å². The van der Waals surface area contributed by atoms with Crippen LogP contribution in [0.2, 0.25) is 0 Å². The van der Waals surface area contributed by atoms with Crippen LogP contribution in [0.3, 0.4) is 0 Å². The predicted octanol–water partition coefficient (Wildman–Crippen LogP) is 1.18. The molecule has 0 aromatic carbocycles. The number of nitrogens with zero attached hydrogens (tertiary/aromatic N) is 5. The Bertz CT molecular complexity index is 592. The fourth-order valence-electron chi connectivity index (χ4n) is 2.85. The van der Waals surface area contributed by atoms with Crippen LogP contribution in [0.5, 0.6) is 0 Å². The van der Waals surface area contributed by atoms with Gasteiger partial charge in [0.25, 0.3) is 0 Å². The van der Waals surface area contributed by atoms with Gasteiger partial charge < -0.3 is 15.3 Å². The zero-order chi connectivity index (χ0) is 15.2. The van der Waals surface area contributed by atoms with Crippen LogP contribution in [0.4, 0.5) is 11.6 Å². The van der Waals surface area contributed by atoms with E-state index in [0.29, 0.717) is 18.3 Å². The van der Waals surface area contributed by atoms with Crippen LogP contribution >= 0.6 is 0 Å². The van der Waals surface area contributed by atoms with Gasteiger partial charge in [-0.15, -0.1) is 0 Å². The van der Waals surface area contributed by atoms with Crippen molar-refractivity contribution in [3.05, 3.63) is 36.7 Å². The van der Waals surface area contributed by atoms with Crippen molar-refractivity contribution in [3.63, 3.8) is 0 Å². The molecule has 0 aliphatic carbocycles. The number of aliphatic hydroxyl groups is 1. The highest BCUT2D eigenvalue weighted by Gasteiger charge is 2.24. The monoisotopic (exact) mass is 300 g/mol. The first-order valence-corrected chi connectivity index (χ1v) is 7.54. The van der Waals surface area contributed by atoms with Gasteiger partial charge in [-0.05, 0) is 19.4 Å². The van der Waals surface area contributed by atoms with Gasteiger partial charge in [0.1, 0.15) is 5.82 Å². The molecule has 1 aliphatic rings. The quantitative estimate of drug-likeness (QED) is 0.857. The summed E-state index contributed by atoms with van der Waals surface area (Å²) in [6.45, 7) is 2.83. The summed E-state index contributed by atoms with van der Waals surface area (Å²) in [6, 6.07) is 0. The first kappa shape index (κ1) is 14.8. The average Bonchev–Trinajstić information content (AvgIpc) is 2.57. The zero-order valence-corrected chi connectivity index (χ0v) is 12.4. The molecule has 0 radical (unpaired) electrons. The van der Waals surface area contributed by atoms with Gasteiger partial charge in [0.05, 0.1) is 18.5 Å². The fraction of sp³-hybridized carbons (Fsp3) is 0.467. The van der Waals surface area contributed by atoms with Crippen LogP contribution < -0.4 is 5.32 Å². The van der Waals surface area contributed by atoms with E-state index in [2.05, 4.69) is 30.2 Å². The molecule has 3 rings (SSSR count). The lowest BCUT2D eigenvalue weighted by Gasteiger charge is -2.32. The molecule has 1 aliphatic heterocycles. The third-order valence-electron chi connectivity index (χ3n) is 3.84. The van der Waals surface area contributed by atoms with E-state index < -0.39 is 0 Å². The highest BCUT2D eigenvalue weighted by Crippen LogP contribution is 2.29. The maximum atomic E-state index is 9.13. The third kappa shape index (κ3) is 3.55. The van der Waals surface area contributed by atoms with E-state index >= 15 is 0 Å². The molecule has 2 N–H and O–H groups in total. The lowest BCUT2D eigenvalue weighted by molar-refractivity contribution is 0.160. The second-order valence-corrected chi connectivity index (χ2v) is 5.37. The molecule has 0 spiro atoms. The Labute approximate surface area is 129 Å². The number of likely N-dealkylation sites (tertiary alicyclic amines) is 1. The molecule has 1 saturated heterocycles. The second-order valence-electron chi connectivity index (χ2n) is 5.37. The average molecular weight is 300 g/mol. The van der Waals surface area contributed by atoms with Crippen molar-refractivity contribution < 1.29 is 5.11 Å². The van der Waals surface area contributed by atoms with Crippen LogP contribution in [0.15, 0.2) is 31.0 Å². The minimum atomic E-state index is 0.192. The molecule has 116 valence electrons. The molecule has 2 aromatic heterocycles. The van der Waals surface area contributed by atoms with Crippen molar-refractivity contribution in [2.45, 2.75) is 18.8 Å². The topological polar surface area (TPSA) is 87.1 Å². The third-order valence-corrected chi connectivity index (χ3v) is 3.84. The molecular formula is C15H20N6O. The molecular weight excluding hydrogens is 280 g/mol. The minimum absolute atomic E-state index is 0.192. The van der Waals surface area contributed by atoms with Crippen molar-refractivity contribution >= 4 is 11.6 Å². The fourth-order valence-corrected chi connectivity index (χ4v) is 2.85. The number of rotatable bonds is 5. The Morgan fingerprint density at radius 1 is 1.18 bits per heavy atom. The summed E-state index contributed by atoms with van der Waals surface area (Å²) >= 11 is 0. The van der Waals surface area contributed by atoms with E-state index in [1.165, 1.54) is 0 Å². The maximum Gasteiger partial charge on any atom is 0.153 e. The van der Waals surface area contributed by atoms with E-state index in [9.17, 15) is 0 Å². The van der Waals surface area contributed by atoms with Gasteiger partial charge in [-0.1, -0.05) is 0 Å². The molecule has 22 heavy (non-hydrogen) atoms. The Morgan fingerprint density at radius 2 is 2.05 bits per heavy atom. The largest absolute Gasteiger partial charge is 0.395 e. The van der Waals surface area contributed by atoms with Gasteiger partial charge in [-0.2, -0.15) is 0 Å². The highest BCUT2D eigenvalue weighted by molar-refractivity contribution is 5.53. The number of hydrogen-bond acceptors (Lipinski definition) is 7. The van der Waals surface area contributed by atoms with E-state index in [0.717, 1.165) is 37.4 Å². The normalized spacial score (nSPS) is 19.0. The minimum Gasteiger partial charge on any atom is -0.395 e. The van der Waals surface area contributed by atoms with Crippen molar-refractivity contribution in [3.8, 4) is 0 Å². The van der Waals surface area contributed by atoms with Gasteiger partial charge in [0.15, 0.2) is 5.82 Å². The lowest BCUT2D eigenvalue weighted by atomic mass is 9.94. The first-order chi connectivity index (χ1) is 10.9. The van der Waals surface area contributed by atoms with Gasteiger partial charge in [0.2, 0.25) is 0 Å². The first-order valence-electron chi connectivity index (χ1n) is 7.54. The number of hydrogen-bond donors (Lipinski definition) is 2. The molecule has 0 amide bonds. The van der Waals surface area contributed by atoms with Crippen molar-refractivity contribution in [2.75, 3.05) is 31.6 Å². The van der Waals surface area contributed by atoms with E-state index in [-0.39, 0.29) is 6.61 Å². The smallest absolute Gasteiger partial charge is 0.153 e. The van der Waals surface area contributed by atoms with Crippen molar-refractivity contribution in [2.24, 2.45) is 0 Å². The highest BCUT2D eigenvalue weighted by atomic mass is 16.3. The SMILES string of the molecule is OCCN1CCC[C@H](c2nccnc2Nc2cnccn2)C1. The standard InChI is InChI=1S/C15H20N6O/c22-9-8-21-7-1-2-12(11-21)14-15(19-6-5-18-14)20-13-10-16-3-4-17-13/h3-6,10,12,22H,1-2,7-9,11H2,(H,17,19,20)/t12-/m0/s1. The van der Waals surface area contributed by atoms with Crippen LogP contribution in [0.1, 0.15) is 24.5 Å². The van der Waals surface area contributed by atoms with E-state index in [1.807, 2.05) is 0 Å². The Hall–Kier alpha value is -2.12. The van der Waals surface area contributed by atoms with Crippen LogP contribution in [0.25, 0.3) is 0 Å². The van der Waals surface area contributed by atoms with Gasteiger partial charge >= 0.3 is 0 Å². The summed E-state index contributed by atoms with van der Waals surface area (Å²) in [4.78, 5) is 19.5. The van der Waals surface area contributed by atoms with Gasteiger partial charge in [-0.3, -0.25) is 9.97 Å². The lowest BCUT2D eigenvalue weighted by Crippen LogP contribution is -2.36. The summed E-state index contributed by atoms with van der Waals surface area (Å²) < 4.78 is 0. The van der Waals surface area contributed by atoms with Crippen LogP contribution in [0, 0.1) is 0 Å². The molecule has 0 saturated carbocycles. The number of β-amino-alcohol motifs (C(OH)–C–C–N with tert-alkyl or cyclic N) is 1. The predicted molar refractivity (Wildman–Crippen MR) is 82.8 cm³/mol. The second kappa shape index (κ2) is 7.24. The molecule has 1 fully saturated rings. The Balaban J connectivity index is 1.78. The number of anilines is 2. The Morgan fingerprint density at radius 3 is 2.86 bits per heavy atom. The molecule has 0 unspecified atom stereocenters. The van der Waals surface area contributed by atoms with Crippen LogP contribution in [-0.2, 0) is 0 Å². The zero-order valence-electron chi connectivity index (χ0n) is 12.4. The number of nitrogens with one attached hydrogen (secondary N) is 1. The summed E-state index contributed by atoms with van der Waals surface area (Å²) in [5.41, 5.74) is 0.954. The maximum absolute atomic E-state index is 9.13. The molecule has 0 bridgehead atoms. The molecule has 7 nitrogen and oxygen atoms in total. The number of aromatic nitrogens is 4. The van der Waals surface area contributed by atoms with Gasteiger partial charge in [-0.25, -0.2) is 9.97 Å². The summed E-state index contributed by atoms with van der Waals surface area (Å²) in [5.74, 6) is 1.71. The van der Waals surface area contributed by atoms with E-state index in [1.54, 1.807) is 31.0 Å². The van der Waals surface area contributed by atoms with Crippen LogP contribution in [-0.4, -0.2) is 56.2 Å². The Kier molecular flexibility index (Phi) is 4.87. The molecule has 7 heteroatoms. The molecule has 1 atom stereocenters. The number of piperidine rings is 1. The number of aliphatic hydroxyl groups excluding tert-OH is 1. The van der Waals surface area contributed by atoms with Gasteiger partial charge in [0, 0.05) is 43.8 Å². The summed E-state index contributed by atoms with van der Waals surface area (Å²) in [6.07, 6.45) is 10.5. The summed E-state index contributed by atoms with van der Waals surface area (Å²) in [5, 5.41) is 12.3. The summed E-state index contributed by atoms with van der Waals surface area (Å²) in [7, 11) is 0. The molecule has 2 aromatic rings.